The summed E-state index contributed by atoms with van der Waals surface area (Å²) in [4.78, 5) is 0.852. The quantitative estimate of drug-likeness (QED) is 0.871. The van der Waals surface area contributed by atoms with Crippen LogP contribution in [0.4, 0.5) is 4.39 Å². The molecule has 1 aliphatic heterocycles. The highest BCUT2D eigenvalue weighted by Crippen LogP contribution is 2.68. The normalized spacial score (nSPS) is 27.1. The lowest BCUT2D eigenvalue weighted by atomic mass is 10.0. The molecule has 1 nitrogen and oxygen atoms in total. The van der Waals surface area contributed by atoms with Crippen LogP contribution < -0.4 is 5.32 Å². The van der Waals surface area contributed by atoms with Crippen LogP contribution >= 0.6 is 11.8 Å². The molecule has 3 heteroatoms. The van der Waals surface area contributed by atoms with E-state index in [9.17, 15) is 4.39 Å². The molecule has 0 spiro atoms. The van der Waals surface area contributed by atoms with Crippen molar-refractivity contribution in [1.82, 2.24) is 5.32 Å². The molecule has 1 aromatic rings. The number of fused-ring (bicyclic) bond motifs is 1. The van der Waals surface area contributed by atoms with Crippen molar-refractivity contribution in [3.63, 3.8) is 0 Å². The van der Waals surface area contributed by atoms with Crippen molar-refractivity contribution in [1.29, 1.82) is 0 Å². The topological polar surface area (TPSA) is 12.0 Å². The molecule has 1 aliphatic carbocycles. The van der Waals surface area contributed by atoms with E-state index in [1.165, 1.54) is 0 Å². The average Bonchev–Trinajstić information content (AvgIpc) is 2.78. The van der Waals surface area contributed by atoms with Gasteiger partial charge in [0.25, 0.3) is 0 Å². The van der Waals surface area contributed by atoms with Gasteiger partial charge in [0.05, 0.1) is 0 Å². The fraction of sp³-hybridized carbons (Fsp3) is 0.647. The summed E-state index contributed by atoms with van der Waals surface area (Å²) >= 11 is 1.65. The van der Waals surface area contributed by atoms with Gasteiger partial charge in [-0.05, 0) is 47.1 Å². The molecule has 0 radical (unpaired) electrons. The third-order valence-electron chi connectivity index (χ3n) is 5.91. The van der Waals surface area contributed by atoms with Crippen LogP contribution in [-0.2, 0) is 0 Å². The van der Waals surface area contributed by atoms with E-state index in [2.05, 4.69) is 39.1 Å². The van der Waals surface area contributed by atoms with Crippen LogP contribution in [-0.4, -0.2) is 12.3 Å². The van der Waals surface area contributed by atoms with Crippen molar-refractivity contribution in [2.75, 3.05) is 12.3 Å². The zero-order chi connectivity index (χ0) is 14.5. The molecular formula is C17H24FNS. The number of thioether (sulfide) groups is 1. The molecule has 20 heavy (non-hydrogen) atoms. The van der Waals surface area contributed by atoms with E-state index < -0.39 is 0 Å². The summed E-state index contributed by atoms with van der Waals surface area (Å²) in [6.45, 7) is 10.4. The lowest BCUT2D eigenvalue weighted by molar-refractivity contribution is 0.450. The first-order valence-corrected chi connectivity index (χ1v) is 8.49. The molecule has 0 amide bonds. The standard InChI is InChI=1S/C17H24FNS/c1-16(2)14(17(16,3)4)10-19-13-8-9-20-15-11(13)6-5-7-12(15)18/h5-7,13-14,19H,8-10H2,1-4H3. The summed E-state index contributed by atoms with van der Waals surface area (Å²) in [6.07, 6.45) is 1.09. The second-order valence-corrected chi connectivity index (χ2v) is 8.36. The van der Waals surface area contributed by atoms with Crippen LogP contribution in [0.2, 0.25) is 0 Å². The van der Waals surface area contributed by atoms with Gasteiger partial charge < -0.3 is 5.32 Å². The number of nitrogens with one attached hydrogen (secondary N) is 1. The van der Waals surface area contributed by atoms with E-state index in [0.29, 0.717) is 22.8 Å². The monoisotopic (exact) mass is 293 g/mol. The van der Waals surface area contributed by atoms with Gasteiger partial charge in [-0.1, -0.05) is 39.8 Å². The van der Waals surface area contributed by atoms with Gasteiger partial charge in [0, 0.05) is 10.9 Å². The molecule has 0 aromatic heterocycles. The van der Waals surface area contributed by atoms with E-state index in [1.54, 1.807) is 17.8 Å². The first-order chi connectivity index (χ1) is 9.35. The molecule has 2 aliphatic rings. The van der Waals surface area contributed by atoms with Gasteiger partial charge in [-0.3, -0.25) is 0 Å². The van der Waals surface area contributed by atoms with E-state index in [1.807, 2.05) is 6.07 Å². The Bertz CT molecular complexity index is 510. The molecule has 1 aromatic carbocycles. The fourth-order valence-corrected chi connectivity index (χ4v) is 4.84. The van der Waals surface area contributed by atoms with Crippen molar-refractivity contribution in [2.45, 2.75) is 45.1 Å². The van der Waals surface area contributed by atoms with E-state index in [0.717, 1.165) is 29.2 Å². The molecule has 3 rings (SSSR count). The predicted octanol–water partition coefficient (Wildman–Crippen LogP) is 4.63. The Morgan fingerprint density at radius 1 is 1.25 bits per heavy atom. The summed E-state index contributed by atoms with van der Waals surface area (Å²) in [7, 11) is 0. The van der Waals surface area contributed by atoms with Crippen LogP contribution in [0.5, 0.6) is 0 Å². The Balaban J connectivity index is 1.71. The molecule has 1 heterocycles. The summed E-state index contributed by atoms with van der Waals surface area (Å²) in [5.74, 6) is 1.65. The second-order valence-electron chi connectivity index (χ2n) is 7.25. The molecule has 1 N–H and O–H groups in total. The molecule has 1 saturated carbocycles. The van der Waals surface area contributed by atoms with Crippen molar-refractivity contribution in [3.05, 3.63) is 29.6 Å². The van der Waals surface area contributed by atoms with Gasteiger partial charge in [-0.15, -0.1) is 11.8 Å². The van der Waals surface area contributed by atoms with Gasteiger partial charge in [-0.2, -0.15) is 0 Å². The van der Waals surface area contributed by atoms with Crippen molar-refractivity contribution < 1.29 is 4.39 Å². The van der Waals surface area contributed by atoms with Crippen molar-refractivity contribution in [2.24, 2.45) is 16.7 Å². The Morgan fingerprint density at radius 3 is 2.60 bits per heavy atom. The maximum absolute atomic E-state index is 13.9. The summed E-state index contributed by atoms with van der Waals surface area (Å²) < 4.78 is 13.9. The van der Waals surface area contributed by atoms with Crippen molar-refractivity contribution in [3.8, 4) is 0 Å². The fourth-order valence-electron chi connectivity index (χ4n) is 3.70. The third kappa shape index (κ3) is 2.10. The molecule has 110 valence electrons. The minimum Gasteiger partial charge on any atom is -0.310 e. The van der Waals surface area contributed by atoms with E-state index in [4.69, 9.17) is 0 Å². The Kier molecular flexibility index (Phi) is 3.41. The summed E-state index contributed by atoms with van der Waals surface area (Å²) in [6, 6.07) is 5.79. The van der Waals surface area contributed by atoms with Crippen molar-refractivity contribution >= 4 is 11.8 Å². The summed E-state index contributed by atoms with van der Waals surface area (Å²) in [5.41, 5.74) is 1.97. The number of hydrogen-bond donors (Lipinski definition) is 1. The first kappa shape index (κ1) is 14.4. The molecule has 1 fully saturated rings. The second kappa shape index (κ2) is 4.74. The SMILES string of the molecule is CC1(C)C(CNC2CCSc3c(F)cccc32)C1(C)C. The number of hydrogen-bond acceptors (Lipinski definition) is 2. The third-order valence-corrected chi connectivity index (χ3v) is 7.07. The smallest absolute Gasteiger partial charge is 0.137 e. The van der Waals surface area contributed by atoms with Gasteiger partial charge in [0.1, 0.15) is 5.82 Å². The average molecular weight is 293 g/mol. The van der Waals surface area contributed by atoms with Gasteiger partial charge in [0.15, 0.2) is 0 Å². The Hall–Kier alpha value is -0.540. The van der Waals surface area contributed by atoms with E-state index in [-0.39, 0.29) is 5.82 Å². The number of rotatable bonds is 3. The van der Waals surface area contributed by atoms with Gasteiger partial charge >= 0.3 is 0 Å². The molecule has 1 atom stereocenters. The zero-order valence-electron chi connectivity index (χ0n) is 12.8. The molecule has 0 saturated heterocycles. The largest absolute Gasteiger partial charge is 0.310 e. The molecular weight excluding hydrogens is 269 g/mol. The highest BCUT2D eigenvalue weighted by Gasteiger charge is 2.63. The zero-order valence-corrected chi connectivity index (χ0v) is 13.6. The minimum atomic E-state index is -0.0638. The first-order valence-electron chi connectivity index (χ1n) is 7.50. The van der Waals surface area contributed by atoms with Crippen LogP contribution in [0.1, 0.15) is 45.7 Å². The predicted molar refractivity (Wildman–Crippen MR) is 83.5 cm³/mol. The number of benzene rings is 1. The minimum absolute atomic E-state index is 0.0638. The van der Waals surface area contributed by atoms with E-state index >= 15 is 0 Å². The lowest BCUT2D eigenvalue weighted by Crippen LogP contribution is -2.28. The maximum atomic E-state index is 13.9. The molecule has 0 bridgehead atoms. The highest BCUT2D eigenvalue weighted by atomic mass is 32.2. The maximum Gasteiger partial charge on any atom is 0.137 e. The highest BCUT2D eigenvalue weighted by molar-refractivity contribution is 7.99. The Labute approximate surface area is 125 Å². The van der Waals surface area contributed by atoms with Crippen LogP contribution in [0.15, 0.2) is 23.1 Å². The van der Waals surface area contributed by atoms with Crippen LogP contribution in [0.3, 0.4) is 0 Å². The number of halogens is 1. The van der Waals surface area contributed by atoms with Crippen LogP contribution in [0.25, 0.3) is 0 Å². The molecule has 1 unspecified atom stereocenters. The summed E-state index contributed by atoms with van der Waals surface area (Å²) in [5, 5.41) is 3.70. The lowest BCUT2D eigenvalue weighted by Gasteiger charge is -2.26. The van der Waals surface area contributed by atoms with Gasteiger partial charge in [0.2, 0.25) is 0 Å². The Morgan fingerprint density at radius 2 is 1.95 bits per heavy atom. The van der Waals surface area contributed by atoms with Crippen LogP contribution in [0, 0.1) is 22.6 Å². The van der Waals surface area contributed by atoms with Gasteiger partial charge in [-0.25, -0.2) is 4.39 Å².